The molecule has 0 spiro atoms. The van der Waals surface area contributed by atoms with Crippen molar-refractivity contribution in [1.29, 1.82) is 0 Å². The van der Waals surface area contributed by atoms with Crippen LogP contribution in [0, 0.1) is 6.92 Å². The second-order valence-corrected chi connectivity index (χ2v) is 5.64. The van der Waals surface area contributed by atoms with Crippen molar-refractivity contribution in [3.05, 3.63) is 45.9 Å². The second kappa shape index (κ2) is 4.71. The largest absolute Gasteiger partial charge is 0.491 e. The normalized spacial score (nSPS) is 19.3. The minimum atomic E-state index is 0.245. The molecule has 1 aliphatic heterocycles. The molecule has 2 atom stereocenters. The van der Waals surface area contributed by atoms with Crippen LogP contribution in [0.3, 0.4) is 0 Å². The van der Waals surface area contributed by atoms with Crippen LogP contribution >= 0.6 is 11.3 Å². The third-order valence-electron chi connectivity index (χ3n) is 3.23. The van der Waals surface area contributed by atoms with Crippen LogP contribution < -0.4 is 10.1 Å². The summed E-state index contributed by atoms with van der Waals surface area (Å²) in [7, 11) is 0. The van der Waals surface area contributed by atoms with Gasteiger partial charge in [0.25, 0.3) is 0 Å². The molecule has 0 aliphatic carbocycles. The van der Waals surface area contributed by atoms with Crippen molar-refractivity contribution in [2.75, 3.05) is 6.61 Å². The molecule has 0 saturated heterocycles. The van der Waals surface area contributed by atoms with Gasteiger partial charge in [-0.15, -0.1) is 11.3 Å². The quantitative estimate of drug-likeness (QED) is 0.920. The molecule has 2 heterocycles. The van der Waals surface area contributed by atoms with E-state index in [1.165, 1.54) is 5.56 Å². The smallest absolute Gasteiger partial charge is 0.124 e. The second-order valence-electron chi connectivity index (χ2n) is 4.58. The van der Waals surface area contributed by atoms with Gasteiger partial charge in [0.15, 0.2) is 0 Å². The van der Waals surface area contributed by atoms with Crippen molar-refractivity contribution in [3.8, 4) is 5.75 Å². The highest BCUT2D eigenvalue weighted by molar-refractivity contribution is 7.09. The fourth-order valence-corrected chi connectivity index (χ4v) is 2.97. The molecule has 2 unspecified atom stereocenters. The first-order chi connectivity index (χ1) is 8.74. The third kappa shape index (κ3) is 2.13. The van der Waals surface area contributed by atoms with E-state index in [4.69, 9.17) is 4.74 Å². The highest BCUT2D eigenvalue weighted by Crippen LogP contribution is 2.33. The Hall–Kier alpha value is -1.39. The van der Waals surface area contributed by atoms with E-state index in [0.29, 0.717) is 6.61 Å². The average Bonchev–Trinajstić information content (AvgIpc) is 2.97. The van der Waals surface area contributed by atoms with E-state index in [0.717, 1.165) is 16.5 Å². The Morgan fingerprint density at radius 3 is 3.06 bits per heavy atom. The van der Waals surface area contributed by atoms with Gasteiger partial charge in [0.05, 0.1) is 16.7 Å². The van der Waals surface area contributed by atoms with E-state index < -0.39 is 0 Å². The molecule has 0 saturated carbocycles. The number of rotatable bonds is 3. The van der Waals surface area contributed by atoms with Crippen LogP contribution in [0.25, 0.3) is 0 Å². The molecule has 0 amide bonds. The summed E-state index contributed by atoms with van der Waals surface area (Å²) >= 11 is 1.69. The molecule has 0 fully saturated rings. The monoisotopic (exact) mass is 260 g/mol. The summed E-state index contributed by atoms with van der Waals surface area (Å²) in [6.07, 6.45) is 0. The van der Waals surface area contributed by atoms with E-state index in [9.17, 15) is 0 Å². The molecule has 94 valence electrons. The summed E-state index contributed by atoms with van der Waals surface area (Å²) in [4.78, 5) is 4.52. The van der Waals surface area contributed by atoms with Crippen molar-refractivity contribution < 1.29 is 4.74 Å². The molecule has 1 aromatic heterocycles. The number of hydrogen-bond acceptors (Lipinski definition) is 4. The van der Waals surface area contributed by atoms with Crippen molar-refractivity contribution in [3.63, 3.8) is 0 Å². The Morgan fingerprint density at radius 2 is 2.28 bits per heavy atom. The van der Waals surface area contributed by atoms with Gasteiger partial charge in [-0.05, 0) is 19.9 Å². The fourth-order valence-electron chi connectivity index (χ4n) is 2.27. The van der Waals surface area contributed by atoms with Crippen LogP contribution in [-0.4, -0.2) is 11.6 Å². The molecular formula is C14H16N2OS. The van der Waals surface area contributed by atoms with Gasteiger partial charge in [-0.3, -0.25) is 5.32 Å². The van der Waals surface area contributed by atoms with Gasteiger partial charge in [0, 0.05) is 17.0 Å². The van der Waals surface area contributed by atoms with Gasteiger partial charge < -0.3 is 4.74 Å². The topological polar surface area (TPSA) is 34.2 Å². The molecule has 0 radical (unpaired) electrons. The number of thiazole rings is 1. The lowest BCUT2D eigenvalue weighted by Gasteiger charge is -2.17. The lowest BCUT2D eigenvalue weighted by atomic mass is 10.1. The van der Waals surface area contributed by atoms with Crippen molar-refractivity contribution >= 4 is 11.3 Å². The molecule has 18 heavy (non-hydrogen) atoms. The SMILES string of the molecule is Cc1nc(C(C)NC2COc3ccccc32)cs1. The van der Waals surface area contributed by atoms with Crippen LogP contribution in [0.5, 0.6) is 5.75 Å². The zero-order valence-corrected chi connectivity index (χ0v) is 11.3. The number of benzene rings is 1. The Balaban J connectivity index is 1.75. The molecule has 4 heteroatoms. The lowest BCUT2D eigenvalue weighted by Crippen LogP contribution is -2.25. The Bertz CT molecular complexity index is 552. The number of nitrogens with zero attached hydrogens (tertiary/aromatic N) is 1. The number of ether oxygens (including phenoxy) is 1. The minimum absolute atomic E-state index is 0.245. The van der Waals surface area contributed by atoms with Crippen LogP contribution in [-0.2, 0) is 0 Å². The lowest BCUT2D eigenvalue weighted by molar-refractivity contribution is 0.300. The molecule has 0 bridgehead atoms. The molecule has 1 aromatic carbocycles. The average molecular weight is 260 g/mol. The zero-order valence-electron chi connectivity index (χ0n) is 10.5. The molecule has 1 aliphatic rings. The van der Waals surface area contributed by atoms with Gasteiger partial charge in [-0.25, -0.2) is 4.98 Å². The summed E-state index contributed by atoms with van der Waals surface area (Å²) < 4.78 is 5.67. The fraction of sp³-hybridized carbons (Fsp3) is 0.357. The number of nitrogens with one attached hydrogen (secondary N) is 1. The summed E-state index contributed by atoms with van der Waals surface area (Å²) in [5.41, 5.74) is 2.36. The van der Waals surface area contributed by atoms with Crippen LogP contribution in [0.2, 0.25) is 0 Å². The van der Waals surface area contributed by atoms with Gasteiger partial charge in [0.2, 0.25) is 0 Å². The maximum atomic E-state index is 5.67. The molecule has 1 N–H and O–H groups in total. The van der Waals surface area contributed by atoms with Crippen LogP contribution in [0.1, 0.15) is 35.3 Å². The summed E-state index contributed by atoms with van der Waals surface area (Å²) in [6.45, 7) is 4.89. The van der Waals surface area contributed by atoms with E-state index in [1.807, 2.05) is 19.1 Å². The first-order valence-corrected chi connectivity index (χ1v) is 7.02. The number of para-hydroxylation sites is 1. The van der Waals surface area contributed by atoms with Crippen molar-refractivity contribution in [2.45, 2.75) is 25.9 Å². The predicted molar refractivity (Wildman–Crippen MR) is 73.1 cm³/mol. The van der Waals surface area contributed by atoms with E-state index in [-0.39, 0.29) is 12.1 Å². The van der Waals surface area contributed by atoms with E-state index >= 15 is 0 Å². The zero-order chi connectivity index (χ0) is 12.5. The van der Waals surface area contributed by atoms with Crippen molar-refractivity contribution in [1.82, 2.24) is 10.3 Å². The number of hydrogen-bond donors (Lipinski definition) is 1. The van der Waals surface area contributed by atoms with Crippen LogP contribution in [0.15, 0.2) is 29.6 Å². The number of fused-ring (bicyclic) bond motifs is 1. The van der Waals surface area contributed by atoms with E-state index in [1.54, 1.807) is 11.3 Å². The third-order valence-corrected chi connectivity index (χ3v) is 4.02. The predicted octanol–water partition coefficient (Wildman–Crippen LogP) is 3.24. The minimum Gasteiger partial charge on any atom is -0.491 e. The van der Waals surface area contributed by atoms with Gasteiger partial charge in [-0.2, -0.15) is 0 Å². The Morgan fingerprint density at radius 1 is 1.44 bits per heavy atom. The van der Waals surface area contributed by atoms with Gasteiger partial charge in [0.1, 0.15) is 12.4 Å². The standard InChI is InChI=1S/C14H16N2OS/c1-9(13-8-18-10(2)16-13)15-12-7-17-14-6-4-3-5-11(12)14/h3-6,8-9,12,15H,7H2,1-2H3. The van der Waals surface area contributed by atoms with Crippen molar-refractivity contribution in [2.24, 2.45) is 0 Å². The number of aryl methyl sites for hydroxylation is 1. The Kier molecular flexibility index (Phi) is 3.06. The molecule has 3 rings (SSSR count). The summed E-state index contributed by atoms with van der Waals surface area (Å²) in [6, 6.07) is 8.72. The summed E-state index contributed by atoms with van der Waals surface area (Å²) in [5, 5.41) is 6.82. The highest BCUT2D eigenvalue weighted by atomic mass is 32.1. The maximum absolute atomic E-state index is 5.67. The highest BCUT2D eigenvalue weighted by Gasteiger charge is 2.25. The van der Waals surface area contributed by atoms with E-state index in [2.05, 4.69) is 34.7 Å². The molecular weight excluding hydrogens is 244 g/mol. The maximum Gasteiger partial charge on any atom is 0.124 e. The van der Waals surface area contributed by atoms with Crippen LogP contribution in [0.4, 0.5) is 0 Å². The first-order valence-electron chi connectivity index (χ1n) is 6.14. The van der Waals surface area contributed by atoms with Gasteiger partial charge >= 0.3 is 0 Å². The molecule has 3 nitrogen and oxygen atoms in total. The van der Waals surface area contributed by atoms with Gasteiger partial charge in [-0.1, -0.05) is 18.2 Å². The summed E-state index contributed by atoms with van der Waals surface area (Å²) in [5.74, 6) is 0.997. The molecule has 2 aromatic rings. The Labute approximate surface area is 111 Å². The first kappa shape index (κ1) is 11.7. The number of aromatic nitrogens is 1.